The topological polar surface area (TPSA) is 20.2 Å². The van der Waals surface area contributed by atoms with E-state index in [4.69, 9.17) is 12.2 Å². The minimum Gasteiger partial charge on any atom is -0.508 e. The van der Waals surface area contributed by atoms with Crippen LogP contribution >= 0.6 is 32.9 Å². The maximum Gasteiger partial charge on any atom is 0.115 e. The van der Waals surface area contributed by atoms with Gasteiger partial charge in [-0.15, -0.1) is 0 Å². The van der Waals surface area contributed by atoms with Crippen molar-refractivity contribution in [2.45, 2.75) is 77.6 Å². The molecule has 1 N–H and O–H groups in total. The van der Waals surface area contributed by atoms with Crippen LogP contribution in [0.5, 0.6) is 5.75 Å². The molecule has 0 aliphatic rings. The number of hydrogen-bond donors (Lipinski definition) is 1. The predicted molar refractivity (Wildman–Crippen MR) is 116 cm³/mol. The highest BCUT2D eigenvalue weighted by Crippen LogP contribution is 2.36. The highest BCUT2D eigenvalue weighted by atomic mass is 32.9. The molecule has 0 spiro atoms. The second kappa shape index (κ2) is 11.8. The Morgan fingerprint density at radius 3 is 1.96 bits per heavy atom. The highest BCUT2D eigenvalue weighted by Gasteiger charge is 2.10. The molecule has 0 amide bonds. The van der Waals surface area contributed by atoms with Gasteiger partial charge in [0.25, 0.3) is 0 Å². The van der Waals surface area contributed by atoms with Crippen molar-refractivity contribution in [1.82, 2.24) is 0 Å². The second-order valence-corrected chi connectivity index (χ2v) is 9.56. The molecule has 25 heavy (non-hydrogen) atoms. The number of phenols is 1. The van der Waals surface area contributed by atoms with Crippen molar-refractivity contribution in [3.8, 4) is 16.2 Å². The van der Waals surface area contributed by atoms with Gasteiger partial charge in [0, 0.05) is 0 Å². The van der Waals surface area contributed by atoms with Crippen molar-refractivity contribution in [2.24, 2.45) is 0 Å². The van der Waals surface area contributed by atoms with Gasteiger partial charge in [-0.05, 0) is 48.2 Å². The van der Waals surface area contributed by atoms with Crippen LogP contribution in [0.1, 0.15) is 76.7 Å². The number of unbranched alkanes of at least 4 members (excludes halogenated alkanes) is 9. The Bertz CT molecular complexity index is 655. The van der Waals surface area contributed by atoms with Crippen molar-refractivity contribution in [3.05, 3.63) is 33.7 Å². The molecule has 0 radical (unpaired) electrons. The molecule has 0 saturated heterocycles. The maximum absolute atomic E-state index is 9.47. The normalized spacial score (nSPS) is 11.1. The molecular formula is C21H30OS3. The third-order valence-corrected chi connectivity index (χ3v) is 7.82. The molecule has 0 bridgehead atoms. The van der Waals surface area contributed by atoms with Crippen LogP contribution in [0.2, 0.25) is 0 Å². The summed E-state index contributed by atoms with van der Waals surface area (Å²) in [5.41, 5.74) is 2.52. The molecule has 0 unspecified atom stereocenters. The molecule has 0 saturated carbocycles. The van der Waals surface area contributed by atoms with Crippen LogP contribution < -0.4 is 0 Å². The molecule has 2 aromatic rings. The summed E-state index contributed by atoms with van der Waals surface area (Å²) in [6.07, 6.45) is 14.7. The lowest BCUT2D eigenvalue weighted by Gasteiger charge is -2.05. The van der Waals surface area contributed by atoms with Gasteiger partial charge in [0.05, 0.1) is 4.88 Å². The van der Waals surface area contributed by atoms with E-state index in [0.29, 0.717) is 5.75 Å². The first-order valence-corrected chi connectivity index (χ1v) is 12.2. The van der Waals surface area contributed by atoms with Crippen LogP contribution in [0.3, 0.4) is 0 Å². The summed E-state index contributed by atoms with van der Waals surface area (Å²) in [5, 5.41) is 9.47. The number of benzene rings is 1. The zero-order valence-electron chi connectivity index (χ0n) is 15.3. The molecule has 1 aromatic carbocycles. The van der Waals surface area contributed by atoms with Gasteiger partial charge >= 0.3 is 0 Å². The average Bonchev–Trinajstić information content (AvgIpc) is 2.98. The summed E-state index contributed by atoms with van der Waals surface area (Å²) in [6.45, 7) is 2.27. The van der Waals surface area contributed by atoms with Crippen molar-refractivity contribution in [1.29, 1.82) is 0 Å². The first-order valence-electron chi connectivity index (χ1n) is 9.63. The largest absolute Gasteiger partial charge is 0.508 e. The van der Waals surface area contributed by atoms with Gasteiger partial charge in [0.15, 0.2) is 0 Å². The van der Waals surface area contributed by atoms with Crippen LogP contribution in [0, 0.1) is 3.82 Å². The summed E-state index contributed by atoms with van der Waals surface area (Å²) in [4.78, 5) is 1.30. The van der Waals surface area contributed by atoms with E-state index in [-0.39, 0.29) is 0 Å². The van der Waals surface area contributed by atoms with E-state index in [2.05, 4.69) is 6.92 Å². The number of aromatic hydroxyl groups is 1. The van der Waals surface area contributed by atoms with Crippen LogP contribution in [-0.2, 0) is 6.42 Å². The SMILES string of the molecule is CCCCCCCCCCCCc1c(-c2ccc(O)cc2)ssc1=S. The van der Waals surface area contributed by atoms with E-state index >= 15 is 0 Å². The fraction of sp³-hybridized carbons (Fsp3) is 0.571. The van der Waals surface area contributed by atoms with Gasteiger partial charge in [0.1, 0.15) is 9.57 Å². The molecular weight excluding hydrogens is 364 g/mol. The van der Waals surface area contributed by atoms with Crippen molar-refractivity contribution < 1.29 is 5.11 Å². The van der Waals surface area contributed by atoms with Crippen LogP contribution in [0.15, 0.2) is 24.3 Å². The van der Waals surface area contributed by atoms with Gasteiger partial charge in [-0.2, -0.15) is 0 Å². The second-order valence-electron chi connectivity index (χ2n) is 6.74. The van der Waals surface area contributed by atoms with E-state index in [9.17, 15) is 5.11 Å². The molecule has 138 valence electrons. The summed E-state index contributed by atoms with van der Waals surface area (Å²) in [5.74, 6) is 0.318. The first-order chi connectivity index (χ1) is 12.2. The maximum atomic E-state index is 9.47. The summed E-state index contributed by atoms with van der Waals surface area (Å²) in [6, 6.07) is 7.50. The average molecular weight is 395 g/mol. The highest BCUT2D eigenvalue weighted by molar-refractivity contribution is 7.80. The summed E-state index contributed by atoms with van der Waals surface area (Å²) in [7, 11) is 3.48. The fourth-order valence-electron chi connectivity index (χ4n) is 3.11. The quantitative estimate of drug-likeness (QED) is 0.221. The molecule has 1 aromatic heterocycles. The van der Waals surface area contributed by atoms with E-state index in [0.717, 1.165) is 10.2 Å². The van der Waals surface area contributed by atoms with Crippen molar-refractivity contribution >= 4 is 32.9 Å². The molecule has 0 fully saturated rings. The predicted octanol–water partition coefficient (Wildman–Crippen LogP) is 8.38. The standard InChI is InChI=1S/C21H30OS3/c1-2-3-4-5-6-7-8-9-10-11-12-19-20(24-25-21(19)23)17-13-15-18(22)16-14-17/h13-16,22H,2-12H2,1H3. The third kappa shape index (κ3) is 7.20. The monoisotopic (exact) mass is 394 g/mol. The van der Waals surface area contributed by atoms with Crippen LogP contribution in [0.4, 0.5) is 0 Å². The van der Waals surface area contributed by atoms with E-state index < -0.39 is 0 Å². The van der Waals surface area contributed by atoms with Crippen molar-refractivity contribution in [3.63, 3.8) is 0 Å². The Morgan fingerprint density at radius 1 is 0.800 bits per heavy atom. The molecule has 1 heterocycles. The minimum atomic E-state index is 0.318. The van der Waals surface area contributed by atoms with E-state index in [1.54, 1.807) is 32.8 Å². The first kappa shape index (κ1) is 20.6. The lowest BCUT2D eigenvalue weighted by Crippen LogP contribution is -1.88. The van der Waals surface area contributed by atoms with Gasteiger partial charge < -0.3 is 5.11 Å². The molecule has 2 rings (SSSR count). The fourth-order valence-corrected chi connectivity index (χ4v) is 6.12. The number of hydrogen-bond acceptors (Lipinski definition) is 4. The molecule has 0 atom stereocenters. The lowest BCUT2D eigenvalue weighted by molar-refractivity contribution is 0.475. The van der Waals surface area contributed by atoms with Crippen LogP contribution in [-0.4, -0.2) is 5.11 Å². The molecule has 1 nitrogen and oxygen atoms in total. The molecule has 0 aliphatic carbocycles. The van der Waals surface area contributed by atoms with E-state index in [1.807, 2.05) is 12.1 Å². The Labute approximate surface area is 165 Å². The van der Waals surface area contributed by atoms with Crippen molar-refractivity contribution in [2.75, 3.05) is 0 Å². The minimum absolute atomic E-state index is 0.318. The lowest BCUT2D eigenvalue weighted by atomic mass is 10.0. The van der Waals surface area contributed by atoms with Gasteiger partial charge in [0.2, 0.25) is 0 Å². The Morgan fingerprint density at radius 2 is 1.36 bits per heavy atom. The smallest absolute Gasteiger partial charge is 0.115 e. The number of rotatable bonds is 12. The summed E-state index contributed by atoms with van der Waals surface area (Å²) < 4.78 is 1.05. The zero-order valence-corrected chi connectivity index (χ0v) is 17.7. The van der Waals surface area contributed by atoms with Crippen LogP contribution in [0.25, 0.3) is 10.4 Å². The Kier molecular flexibility index (Phi) is 9.74. The summed E-state index contributed by atoms with van der Waals surface area (Å²) >= 11 is 5.55. The number of phenolic OH excluding ortho intramolecular Hbond substituents is 1. The zero-order chi connectivity index (χ0) is 17.9. The molecule has 4 heteroatoms. The van der Waals surface area contributed by atoms with E-state index in [1.165, 1.54) is 80.2 Å². The Hall–Kier alpha value is -0.710. The molecule has 0 aliphatic heterocycles. The van der Waals surface area contributed by atoms with Gasteiger partial charge in [-0.1, -0.05) is 97.6 Å². The third-order valence-electron chi connectivity index (χ3n) is 4.63. The Balaban J connectivity index is 1.70. The van der Waals surface area contributed by atoms with Gasteiger partial charge in [-0.3, -0.25) is 0 Å². The van der Waals surface area contributed by atoms with Gasteiger partial charge in [-0.25, -0.2) is 0 Å².